The summed E-state index contributed by atoms with van der Waals surface area (Å²) in [6.07, 6.45) is 1.69. The van der Waals surface area contributed by atoms with Gasteiger partial charge in [0.2, 0.25) is 0 Å². The van der Waals surface area contributed by atoms with Crippen LogP contribution in [0.4, 0.5) is 10.1 Å². The summed E-state index contributed by atoms with van der Waals surface area (Å²) in [5.41, 5.74) is 2.07. The number of benzene rings is 1. The number of carbonyl (C=O) groups excluding carboxylic acids is 1. The Morgan fingerprint density at radius 1 is 1.07 bits per heavy atom. The van der Waals surface area contributed by atoms with E-state index in [4.69, 9.17) is 0 Å². The van der Waals surface area contributed by atoms with Crippen LogP contribution in [0.5, 0.6) is 0 Å². The highest BCUT2D eigenvalue weighted by Gasteiger charge is 2.24. The molecule has 1 saturated heterocycles. The number of aromatic nitrogens is 1. The van der Waals surface area contributed by atoms with Gasteiger partial charge in [-0.25, -0.2) is 4.39 Å². The lowest BCUT2D eigenvalue weighted by Crippen LogP contribution is -2.49. The van der Waals surface area contributed by atoms with Crippen molar-refractivity contribution in [2.75, 3.05) is 31.1 Å². The third-order valence-corrected chi connectivity index (χ3v) is 5.78. The first-order valence-electron chi connectivity index (χ1n) is 8.93. The zero-order chi connectivity index (χ0) is 18.8. The molecule has 0 aliphatic carbocycles. The summed E-state index contributed by atoms with van der Waals surface area (Å²) in [7, 11) is 0. The molecule has 0 atom stereocenters. The number of carbonyl (C=O) groups is 1. The number of hydrogen-bond acceptors (Lipinski definition) is 4. The molecular formula is C21H20FN3OS. The van der Waals surface area contributed by atoms with E-state index < -0.39 is 0 Å². The van der Waals surface area contributed by atoms with E-state index in [1.54, 1.807) is 35.7 Å². The lowest BCUT2D eigenvalue weighted by Gasteiger charge is -2.36. The van der Waals surface area contributed by atoms with Crippen LogP contribution in [0.15, 0.2) is 54.7 Å². The molecule has 0 spiro atoms. The smallest absolute Gasteiger partial charge is 0.254 e. The number of piperazine rings is 1. The lowest BCUT2D eigenvalue weighted by molar-refractivity contribution is 0.0746. The van der Waals surface area contributed by atoms with Crippen molar-refractivity contribution in [1.82, 2.24) is 9.88 Å². The van der Waals surface area contributed by atoms with E-state index in [9.17, 15) is 9.18 Å². The maximum absolute atomic E-state index is 14.0. The Labute approximate surface area is 161 Å². The van der Waals surface area contributed by atoms with Gasteiger partial charge >= 0.3 is 0 Å². The summed E-state index contributed by atoms with van der Waals surface area (Å²) in [5, 5.41) is 0. The van der Waals surface area contributed by atoms with E-state index in [0.717, 1.165) is 10.6 Å². The van der Waals surface area contributed by atoms with Crippen molar-refractivity contribution in [2.45, 2.75) is 6.92 Å². The van der Waals surface area contributed by atoms with Gasteiger partial charge in [0.1, 0.15) is 5.82 Å². The SMILES string of the molecule is Cc1ccc(-c2cc(C(=O)N3CCN(c4ccccc4F)CC3)ccn2)s1. The van der Waals surface area contributed by atoms with Crippen LogP contribution in [-0.4, -0.2) is 42.0 Å². The quantitative estimate of drug-likeness (QED) is 0.682. The number of amides is 1. The van der Waals surface area contributed by atoms with Crippen molar-refractivity contribution in [3.8, 4) is 10.6 Å². The Bertz CT molecular complexity index is 963. The van der Waals surface area contributed by atoms with Gasteiger partial charge < -0.3 is 9.80 Å². The molecule has 1 fully saturated rings. The maximum Gasteiger partial charge on any atom is 0.254 e. The number of halogens is 1. The van der Waals surface area contributed by atoms with Crippen LogP contribution in [-0.2, 0) is 0 Å². The molecule has 2 aromatic heterocycles. The second kappa shape index (κ2) is 7.48. The van der Waals surface area contributed by atoms with Crippen molar-refractivity contribution in [3.05, 3.63) is 71.0 Å². The summed E-state index contributed by atoms with van der Waals surface area (Å²) in [6, 6.07) is 14.5. The normalized spacial score (nSPS) is 14.4. The molecule has 3 heterocycles. The van der Waals surface area contributed by atoms with Crippen molar-refractivity contribution in [2.24, 2.45) is 0 Å². The highest BCUT2D eigenvalue weighted by Crippen LogP contribution is 2.27. The highest BCUT2D eigenvalue weighted by molar-refractivity contribution is 7.15. The molecule has 138 valence electrons. The third kappa shape index (κ3) is 3.71. The van der Waals surface area contributed by atoms with Crippen molar-refractivity contribution in [3.63, 3.8) is 0 Å². The molecule has 0 saturated carbocycles. The van der Waals surface area contributed by atoms with Gasteiger partial charge in [0, 0.05) is 42.8 Å². The molecule has 1 aliphatic rings. The fourth-order valence-electron chi connectivity index (χ4n) is 3.31. The fraction of sp³-hybridized carbons (Fsp3) is 0.238. The molecule has 6 heteroatoms. The average molecular weight is 381 g/mol. The number of aryl methyl sites for hydroxylation is 1. The van der Waals surface area contributed by atoms with Crippen LogP contribution in [0, 0.1) is 12.7 Å². The largest absolute Gasteiger partial charge is 0.366 e. The molecule has 4 nitrogen and oxygen atoms in total. The van der Waals surface area contributed by atoms with Crippen LogP contribution in [0.1, 0.15) is 15.2 Å². The monoisotopic (exact) mass is 381 g/mol. The van der Waals surface area contributed by atoms with E-state index >= 15 is 0 Å². The first kappa shape index (κ1) is 17.7. The molecule has 0 bridgehead atoms. The van der Waals surface area contributed by atoms with Crippen molar-refractivity contribution >= 4 is 22.9 Å². The number of rotatable bonds is 3. The predicted octanol–water partition coefficient (Wildman–Crippen LogP) is 4.22. The lowest BCUT2D eigenvalue weighted by atomic mass is 10.1. The van der Waals surface area contributed by atoms with Crippen molar-refractivity contribution < 1.29 is 9.18 Å². The first-order chi connectivity index (χ1) is 13.1. The number of nitrogens with zero attached hydrogens (tertiary/aromatic N) is 3. The Morgan fingerprint density at radius 3 is 2.56 bits per heavy atom. The van der Waals surface area contributed by atoms with Crippen LogP contribution < -0.4 is 4.90 Å². The topological polar surface area (TPSA) is 36.4 Å². The van der Waals surface area contributed by atoms with Crippen molar-refractivity contribution in [1.29, 1.82) is 0 Å². The minimum absolute atomic E-state index is 0.000103. The number of pyridine rings is 1. The van der Waals surface area contributed by atoms with Crippen LogP contribution >= 0.6 is 11.3 Å². The molecule has 0 unspecified atom stereocenters. The molecule has 0 radical (unpaired) electrons. The van der Waals surface area contributed by atoms with Gasteiger partial charge in [-0.05, 0) is 43.3 Å². The minimum Gasteiger partial charge on any atom is -0.366 e. The Kier molecular flexibility index (Phi) is 4.90. The van der Waals surface area contributed by atoms with Gasteiger partial charge in [-0.15, -0.1) is 11.3 Å². The molecule has 27 heavy (non-hydrogen) atoms. The zero-order valence-corrected chi connectivity index (χ0v) is 15.9. The van der Waals surface area contributed by atoms with Crippen LogP contribution in [0.25, 0.3) is 10.6 Å². The first-order valence-corrected chi connectivity index (χ1v) is 9.75. The highest BCUT2D eigenvalue weighted by atomic mass is 32.1. The molecule has 4 rings (SSSR count). The molecule has 1 amide bonds. The Balaban J connectivity index is 1.46. The van der Waals surface area contributed by atoms with E-state index in [2.05, 4.69) is 18.0 Å². The molecule has 0 N–H and O–H groups in total. The molecule has 1 aromatic carbocycles. The van der Waals surface area contributed by atoms with Gasteiger partial charge in [0.15, 0.2) is 0 Å². The molecular weight excluding hydrogens is 361 g/mol. The van der Waals surface area contributed by atoms with Gasteiger partial charge in [-0.2, -0.15) is 0 Å². The number of thiophene rings is 1. The number of para-hydroxylation sites is 1. The summed E-state index contributed by atoms with van der Waals surface area (Å²) in [4.78, 5) is 23.4. The third-order valence-electron chi connectivity index (χ3n) is 4.76. The van der Waals surface area contributed by atoms with Crippen LogP contribution in [0.3, 0.4) is 0 Å². The second-order valence-electron chi connectivity index (χ2n) is 6.57. The fourth-order valence-corrected chi connectivity index (χ4v) is 4.15. The summed E-state index contributed by atoms with van der Waals surface area (Å²) in [6.45, 7) is 4.44. The van der Waals surface area contributed by atoms with E-state index in [-0.39, 0.29) is 11.7 Å². The summed E-state index contributed by atoms with van der Waals surface area (Å²) >= 11 is 1.67. The minimum atomic E-state index is -0.220. The second-order valence-corrected chi connectivity index (χ2v) is 7.86. The van der Waals surface area contributed by atoms with Gasteiger partial charge in [-0.1, -0.05) is 12.1 Å². The zero-order valence-electron chi connectivity index (χ0n) is 15.1. The number of hydrogen-bond donors (Lipinski definition) is 0. The average Bonchev–Trinajstić information content (AvgIpc) is 3.14. The van der Waals surface area contributed by atoms with Crippen LogP contribution in [0.2, 0.25) is 0 Å². The summed E-state index contributed by atoms with van der Waals surface area (Å²) < 4.78 is 14.0. The standard InChI is InChI=1S/C21H20FN3OS/c1-15-6-7-20(27-15)18-14-16(8-9-23-18)21(26)25-12-10-24(11-13-25)19-5-3-2-4-17(19)22/h2-9,14H,10-13H2,1H3. The van der Waals surface area contributed by atoms with E-state index in [0.29, 0.717) is 37.4 Å². The maximum atomic E-state index is 14.0. The Morgan fingerprint density at radius 2 is 1.85 bits per heavy atom. The number of anilines is 1. The predicted molar refractivity (Wildman–Crippen MR) is 107 cm³/mol. The van der Waals surface area contributed by atoms with Gasteiger partial charge in [0.05, 0.1) is 16.3 Å². The Hall–Kier alpha value is -2.73. The van der Waals surface area contributed by atoms with Gasteiger partial charge in [-0.3, -0.25) is 9.78 Å². The molecule has 3 aromatic rings. The van der Waals surface area contributed by atoms with E-state index in [1.807, 2.05) is 28.0 Å². The molecule has 1 aliphatic heterocycles. The van der Waals surface area contributed by atoms with Gasteiger partial charge in [0.25, 0.3) is 5.91 Å². The van der Waals surface area contributed by atoms with E-state index in [1.165, 1.54) is 10.9 Å². The summed E-state index contributed by atoms with van der Waals surface area (Å²) in [5.74, 6) is -0.220.